The van der Waals surface area contributed by atoms with Gasteiger partial charge in [-0.3, -0.25) is 0 Å². The molecule has 0 amide bonds. The monoisotopic (exact) mass is 400 g/mol. The number of thiophene rings is 1. The molecule has 27 heavy (non-hydrogen) atoms. The van der Waals surface area contributed by atoms with E-state index in [0.717, 1.165) is 49.2 Å². The molecular formula is C21H24N2O2S2. The fraction of sp³-hybridized carbons (Fsp3) is 0.429. The Morgan fingerprint density at radius 1 is 1.22 bits per heavy atom. The van der Waals surface area contributed by atoms with E-state index in [-0.39, 0.29) is 5.97 Å². The normalized spacial score (nSPS) is 15.7. The Morgan fingerprint density at radius 3 is 2.85 bits per heavy atom. The largest absolute Gasteiger partial charge is 0.465 e. The molecule has 142 valence electrons. The lowest BCUT2D eigenvalue weighted by Crippen LogP contribution is -2.38. The van der Waals surface area contributed by atoms with Crippen molar-refractivity contribution >= 4 is 45.3 Å². The lowest BCUT2D eigenvalue weighted by molar-refractivity contribution is 0.0601. The Hall–Kier alpha value is -1.92. The summed E-state index contributed by atoms with van der Waals surface area (Å²) in [7, 11) is 1.44. The Morgan fingerprint density at radius 2 is 2.04 bits per heavy atom. The molecule has 2 aromatic rings. The molecule has 0 atom stereocenters. The molecule has 6 heteroatoms. The van der Waals surface area contributed by atoms with Gasteiger partial charge in [0.1, 0.15) is 5.00 Å². The number of hydrogen-bond acceptors (Lipinski definition) is 4. The molecular weight excluding hydrogens is 376 g/mol. The summed E-state index contributed by atoms with van der Waals surface area (Å²) >= 11 is 7.41. The van der Waals surface area contributed by atoms with Gasteiger partial charge in [-0.2, -0.15) is 0 Å². The maximum absolute atomic E-state index is 12.4. The van der Waals surface area contributed by atoms with E-state index in [9.17, 15) is 4.79 Å². The molecule has 0 saturated heterocycles. The Balaban J connectivity index is 1.65. The van der Waals surface area contributed by atoms with E-state index in [1.54, 1.807) is 11.3 Å². The summed E-state index contributed by atoms with van der Waals surface area (Å²) < 4.78 is 5.07. The fourth-order valence-electron chi connectivity index (χ4n) is 4.07. The summed E-state index contributed by atoms with van der Waals surface area (Å²) in [4.78, 5) is 15.9. The highest BCUT2D eigenvalue weighted by atomic mass is 32.1. The summed E-state index contributed by atoms with van der Waals surface area (Å²) in [6.45, 7) is 3.01. The summed E-state index contributed by atoms with van der Waals surface area (Å²) in [5.41, 5.74) is 5.61. The van der Waals surface area contributed by atoms with Gasteiger partial charge in [-0.1, -0.05) is 17.7 Å². The topological polar surface area (TPSA) is 41.6 Å². The Kier molecular flexibility index (Phi) is 5.19. The van der Waals surface area contributed by atoms with Gasteiger partial charge in [0.25, 0.3) is 0 Å². The molecule has 1 aliphatic carbocycles. The molecule has 0 radical (unpaired) electrons. The molecule has 2 aliphatic rings. The van der Waals surface area contributed by atoms with Crippen LogP contribution in [0.1, 0.15) is 51.2 Å². The maximum atomic E-state index is 12.4. The highest BCUT2D eigenvalue weighted by Crippen LogP contribution is 2.39. The van der Waals surface area contributed by atoms with Gasteiger partial charge in [0.2, 0.25) is 0 Å². The van der Waals surface area contributed by atoms with E-state index in [1.807, 2.05) is 0 Å². The number of carbonyl (C=O) groups excluding carboxylic acids is 1. The van der Waals surface area contributed by atoms with E-state index >= 15 is 0 Å². The van der Waals surface area contributed by atoms with Gasteiger partial charge in [0.15, 0.2) is 5.11 Å². The Labute approximate surface area is 169 Å². The van der Waals surface area contributed by atoms with Gasteiger partial charge in [0.05, 0.1) is 12.7 Å². The zero-order valence-corrected chi connectivity index (χ0v) is 17.4. The van der Waals surface area contributed by atoms with Crippen LogP contribution < -0.4 is 10.2 Å². The second-order valence-electron chi connectivity index (χ2n) is 7.22. The van der Waals surface area contributed by atoms with Gasteiger partial charge < -0.3 is 15.0 Å². The van der Waals surface area contributed by atoms with Gasteiger partial charge in [0, 0.05) is 17.1 Å². The Bertz CT molecular complexity index is 904. The quantitative estimate of drug-likeness (QED) is 0.575. The van der Waals surface area contributed by atoms with Crippen LogP contribution in [-0.4, -0.2) is 24.7 Å². The SMILES string of the molecule is COC(=O)c1c(NC(=S)N2CCCc3cc(C)ccc32)sc2c1CCCC2. The van der Waals surface area contributed by atoms with Crippen LogP contribution in [0.3, 0.4) is 0 Å². The average molecular weight is 401 g/mol. The van der Waals surface area contributed by atoms with Crippen molar-refractivity contribution in [2.45, 2.75) is 45.4 Å². The van der Waals surface area contributed by atoms with Crippen molar-refractivity contribution in [1.82, 2.24) is 0 Å². The predicted molar refractivity (Wildman–Crippen MR) is 115 cm³/mol. The number of anilines is 2. The third-order valence-corrected chi connectivity index (χ3v) is 6.91. The number of thiocarbonyl (C=S) groups is 1. The molecule has 0 fully saturated rings. The number of carbonyl (C=O) groups is 1. The summed E-state index contributed by atoms with van der Waals surface area (Å²) in [5.74, 6) is -0.269. The first-order chi connectivity index (χ1) is 13.1. The van der Waals surface area contributed by atoms with Crippen LogP contribution in [0.5, 0.6) is 0 Å². The van der Waals surface area contributed by atoms with Crippen LogP contribution >= 0.6 is 23.6 Å². The number of rotatable bonds is 2. The van der Waals surface area contributed by atoms with E-state index < -0.39 is 0 Å². The van der Waals surface area contributed by atoms with Gasteiger partial charge in [-0.15, -0.1) is 11.3 Å². The lowest BCUT2D eigenvalue weighted by Gasteiger charge is -2.32. The molecule has 1 aromatic heterocycles. The standard InChI is InChI=1S/C21H24N2O2S2/c1-13-9-10-16-14(12-13)6-5-11-23(16)21(26)22-19-18(20(24)25-2)15-7-3-4-8-17(15)27-19/h9-10,12H,3-8,11H2,1-2H3,(H,22,26). The van der Waals surface area contributed by atoms with Crippen molar-refractivity contribution in [2.24, 2.45) is 0 Å². The average Bonchev–Trinajstić information content (AvgIpc) is 3.04. The first-order valence-corrected chi connectivity index (χ1v) is 10.7. The molecule has 1 aliphatic heterocycles. The van der Waals surface area contributed by atoms with Gasteiger partial charge >= 0.3 is 5.97 Å². The molecule has 4 rings (SSSR count). The number of benzene rings is 1. The van der Waals surface area contributed by atoms with Gasteiger partial charge in [-0.25, -0.2) is 4.79 Å². The second-order valence-corrected chi connectivity index (χ2v) is 8.72. The van der Waals surface area contributed by atoms with Crippen LogP contribution in [0, 0.1) is 6.92 Å². The maximum Gasteiger partial charge on any atom is 0.341 e. The van der Waals surface area contributed by atoms with Crippen LogP contribution in [0.25, 0.3) is 0 Å². The van der Waals surface area contributed by atoms with Gasteiger partial charge in [-0.05, 0) is 74.9 Å². The van der Waals surface area contributed by atoms with Crippen molar-refractivity contribution in [3.8, 4) is 0 Å². The van der Waals surface area contributed by atoms with E-state index in [2.05, 4.69) is 35.3 Å². The first-order valence-electron chi connectivity index (χ1n) is 9.49. The molecule has 4 nitrogen and oxygen atoms in total. The van der Waals surface area contributed by atoms with Crippen molar-refractivity contribution in [3.05, 3.63) is 45.3 Å². The lowest BCUT2D eigenvalue weighted by atomic mass is 9.95. The van der Waals surface area contributed by atoms with Crippen LogP contribution in [-0.2, 0) is 24.0 Å². The number of nitrogens with one attached hydrogen (secondary N) is 1. The summed E-state index contributed by atoms with van der Waals surface area (Å²) in [6.07, 6.45) is 6.42. The minimum atomic E-state index is -0.269. The van der Waals surface area contributed by atoms with Crippen molar-refractivity contribution in [1.29, 1.82) is 0 Å². The number of esters is 1. The molecule has 0 bridgehead atoms. The predicted octanol–water partition coefficient (Wildman–Crippen LogP) is 4.87. The summed E-state index contributed by atoms with van der Waals surface area (Å²) in [6, 6.07) is 6.52. The van der Waals surface area contributed by atoms with Crippen molar-refractivity contribution in [2.75, 3.05) is 23.9 Å². The highest BCUT2D eigenvalue weighted by molar-refractivity contribution is 7.80. The number of aryl methyl sites for hydroxylation is 3. The minimum absolute atomic E-state index is 0.269. The number of nitrogens with zero attached hydrogens (tertiary/aromatic N) is 1. The second kappa shape index (κ2) is 7.60. The van der Waals surface area contributed by atoms with E-state index in [0.29, 0.717) is 10.7 Å². The first kappa shape index (κ1) is 18.4. The molecule has 2 heterocycles. The highest BCUT2D eigenvalue weighted by Gasteiger charge is 2.28. The smallest absolute Gasteiger partial charge is 0.341 e. The third kappa shape index (κ3) is 3.48. The number of hydrogen-bond donors (Lipinski definition) is 1. The number of ether oxygens (including phenoxy) is 1. The van der Waals surface area contributed by atoms with Crippen LogP contribution in [0.2, 0.25) is 0 Å². The van der Waals surface area contributed by atoms with Crippen molar-refractivity contribution < 1.29 is 9.53 Å². The zero-order chi connectivity index (χ0) is 19.0. The van der Waals surface area contributed by atoms with E-state index in [4.69, 9.17) is 17.0 Å². The van der Waals surface area contributed by atoms with Crippen LogP contribution in [0.15, 0.2) is 18.2 Å². The molecule has 0 unspecified atom stereocenters. The molecule has 0 spiro atoms. The van der Waals surface area contributed by atoms with Crippen molar-refractivity contribution in [3.63, 3.8) is 0 Å². The zero-order valence-electron chi connectivity index (χ0n) is 15.8. The van der Waals surface area contributed by atoms with Crippen LogP contribution in [0.4, 0.5) is 10.7 Å². The molecule has 1 aromatic carbocycles. The van der Waals surface area contributed by atoms with E-state index in [1.165, 1.54) is 35.2 Å². The third-order valence-electron chi connectivity index (χ3n) is 5.38. The number of fused-ring (bicyclic) bond motifs is 2. The minimum Gasteiger partial charge on any atom is -0.465 e. The molecule has 0 saturated carbocycles. The number of methoxy groups -OCH3 is 1. The fourth-order valence-corrected chi connectivity index (χ4v) is 5.71. The summed E-state index contributed by atoms with van der Waals surface area (Å²) in [5, 5.41) is 4.87. The molecule has 1 N–H and O–H groups in total.